The van der Waals surface area contributed by atoms with Gasteiger partial charge in [-0.3, -0.25) is 14.5 Å². The number of esters is 1. The van der Waals surface area contributed by atoms with E-state index in [-0.39, 0.29) is 23.7 Å². The average molecular weight is 622 g/mol. The first-order valence-electron chi connectivity index (χ1n) is 16.6. The molecule has 0 radical (unpaired) electrons. The number of carbonyl (C=O) groups is 2. The van der Waals surface area contributed by atoms with Crippen LogP contribution < -0.4 is 9.80 Å². The number of rotatable bonds is 15. The van der Waals surface area contributed by atoms with Crippen LogP contribution in [0, 0.1) is 5.82 Å². The van der Waals surface area contributed by atoms with Crippen LogP contribution in [0.4, 0.5) is 15.8 Å². The Hall–Kier alpha value is -2.97. The lowest BCUT2D eigenvalue weighted by molar-refractivity contribution is -0.140. The molecule has 0 aliphatic carbocycles. The first-order chi connectivity index (χ1) is 21.5. The van der Waals surface area contributed by atoms with Crippen LogP contribution in [-0.2, 0) is 27.2 Å². The maximum Gasteiger partial charge on any atom is 0.305 e. The van der Waals surface area contributed by atoms with Gasteiger partial charge in [0.1, 0.15) is 5.82 Å². The number of carbonyl (C=O) groups excluding carboxylic acids is 2. The Kier molecular flexibility index (Phi) is 11.7. The summed E-state index contributed by atoms with van der Waals surface area (Å²) in [5.74, 6) is -0.0622. The smallest absolute Gasteiger partial charge is 0.305 e. The summed E-state index contributed by atoms with van der Waals surface area (Å²) in [4.78, 5) is 31.9. The maximum atomic E-state index is 14.3. The van der Waals surface area contributed by atoms with Gasteiger partial charge in [-0.25, -0.2) is 4.39 Å². The van der Waals surface area contributed by atoms with Gasteiger partial charge in [0.05, 0.1) is 7.11 Å². The SMILES string of the molecule is CCCCCC(CCCCCC(=O)OC)N1C(=O)CCc2ccc(CCN3CCN(c4cc(F)cc5sccc45)CC3)cc21. The Labute approximate surface area is 266 Å². The second-order valence-electron chi connectivity index (χ2n) is 12.4. The number of halogens is 1. The first kappa shape index (κ1) is 32.4. The van der Waals surface area contributed by atoms with E-state index in [1.807, 2.05) is 5.38 Å². The van der Waals surface area contributed by atoms with Crippen LogP contribution in [-0.4, -0.2) is 62.7 Å². The van der Waals surface area contributed by atoms with Crippen LogP contribution in [0.25, 0.3) is 10.1 Å². The topological polar surface area (TPSA) is 53.1 Å². The van der Waals surface area contributed by atoms with Gasteiger partial charge in [0.2, 0.25) is 5.91 Å². The molecule has 1 saturated heterocycles. The summed E-state index contributed by atoms with van der Waals surface area (Å²) in [6.07, 6.45) is 11.1. The van der Waals surface area contributed by atoms with Crippen molar-refractivity contribution in [1.29, 1.82) is 0 Å². The van der Waals surface area contributed by atoms with Gasteiger partial charge in [0.15, 0.2) is 0 Å². The van der Waals surface area contributed by atoms with Gasteiger partial charge in [-0.15, -0.1) is 11.3 Å². The van der Waals surface area contributed by atoms with Crippen molar-refractivity contribution in [3.63, 3.8) is 0 Å². The van der Waals surface area contributed by atoms with E-state index in [0.717, 1.165) is 112 Å². The number of nitrogens with zero attached hydrogens (tertiary/aromatic N) is 3. The standard InChI is InChI=1S/C36H48FN3O3S/c1-3-4-6-9-30(10-7-5-8-11-36(42)43-2)40-32-24-27(12-13-28(32)14-15-35(40)41)16-18-38-19-21-39(22-20-38)33-25-29(37)26-34-31(33)17-23-44-34/h12-13,17,23-26,30H,3-11,14-16,18-22H2,1-2H3. The van der Waals surface area contributed by atoms with E-state index in [0.29, 0.717) is 12.8 Å². The summed E-state index contributed by atoms with van der Waals surface area (Å²) in [7, 11) is 1.44. The van der Waals surface area contributed by atoms with Crippen molar-refractivity contribution in [3.05, 3.63) is 58.7 Å². The molecule has 0 bridgehead atoms. The minimum Gasteiger partial charge on any atom is -0.469 e. The van der Waals surface area contributed by atoms with Crippen molar-refractivity contribution in [3.8, 4) is 0 Å². The fourth-order valence-electron chi connectivity index (χ4n) is 6.84. The molecule has 3 aromatic rings. The van der Waals surface area contributed by atoms with Crippen LogP contribution in [0.2, 0.25) is 0 Å². The molecule has 2 aliphatic heterocycles. The Morgan fingerprint density at radius 2 is 1.75 bits per heavy atom. The predicted molar refractivity (Wildman–Crippen MR) is 179 cm³/mol. The zero-order valence-corrected chi connectivity index (χ0v) is 27.3. The van der Waals surface area contributed by atoms with Gasteiger partial charge < -0.3 is 14.5 Å². The molecule has 1 amide bonds. The third-order valence-electron chi connectivity index (χ3n) is 9.38. The summed E-state index contributed by atoms with van der Waals surface area (Å²) in [6.45, 7) is 6.87. The van der Waals surface area contributed by atoms with Crippen molar-refractivity contribution in [2.45, 2.75) is 90.0 Å². The van der Waals surface area contributed by atoms with E-state index in [1.165, 1.54) is 24.7 Å². The highest BCUT2D eigenvalue weighted by Crippen LogP contribution is 2.35. The van der Waals surface area contributed by atoms with Crippen molar-refractivity contribution < 1.29 is 18.7 Å². The number of ether oxygens (including phenoxy) is 1. The molecular formula is C36H48FN3O3S. The summed E-state index contributed by atoms with van der Waals surface area (Å²) in [6, 6.07) is 12.4. The molecule has 0 N–H and O–H groups in total. The van der Waals surface area contributed by atoms with Crippen LogP contribution in [0.5, 0.6) is 0 Å². The van der Waals surface area contributed by atoms with Gasteiger partial charge in [-0.05, 0) is 72.9 Å². The number of anilines is 2. The van der Waals surface area contributed by atoms with Crippen LogP contribution in [0.15, 0.2) is 41.8 Å². The molecule has 238 valence electrons. The van der Waals surface area contributed by atoms with Crippen molar-refractivity contribution in [1.82, 2.24) is 4.90 Å². The second-order valence-corrected chi connectivity index (χ2v) is 13.3. The summed E-state index contributed by atoms with van der Waals surface area (Å²) >= 11 is 1.59. The molecule has 1 atom stereocenters. The van der Waals surface area contributed by atoms with Crippen molar-refractivity contribution >= 4 is 44.7 Å². The van der Waals surface area contributed by atoms with Gasteiger partial charge >= 0.3 is 5.97 Å². The lowest BCUT2D eigenvalue weighted by Crippen LogP contribution is -2.47. The minimum atomic E-state index is -0.163. The number of unbranched alkanes of at least 4 members (excludes halogenated alkanes) is 4. The molecule has 3 heterocycles. The zero-order valence-electron chi connectivity index (χ0n) is 26.5. The van der Waals surface area contributed by atoms with Gasteiger partial charge in [0, 0.05) is 73.1 Å². The largest absolute Gasteiger partial charge is 0.469 e. The monoisotopic (exact) mass is 621 g/mol. The normalized spacial score (nSPS) is 16.4. The lowest BCUT2D eigenvalue weighted by Gasteiger charge is -2.37. The molecule has 5 rings (SSSR count). The minimum absolute atomic E-state index is 0.148. The third kappa shape index (κ3) is 8.19. The molecule has 44 heavy (non-hydrogen) atoms. The highest BCUT2D eigenvalue weighted by atomic mass is 32.1. The van der Waals surface area contributed by atoms with Gasteiger partial charge in [0.25, 0.3) is 0 Å². The average Bonchev–Trinajstić information content (AvgIpc) is 3.51. The summed E-state index contributed by atoms with van der Waals surface area (Å²) in [5, 5.41) is 3.19. The fraction of sp³-hybridized carbons (Fsp3) is 0.556. The number of hydrogen-bond acceptors (Lipinski definition) is 6. The number of piperazine rings is 1. The molecule has 1 unspecified atom stereocenters. The number of hydrogen-bond donors (Lipinski definition) is 0. The van der Waals surface area contributed by atoms with E-state index >= 15 is 0 Å². The van der Waals surface area contributed by atoms with Gasteiger partial charge in [-0.1, -0.05) is 51.2 Å². The first-order valence-corrected chi connectivity index (χ1v) is 17.5. The summed E-state index contributed by atoms with van der Waals surface area (Å²) < 4.78 is 20.1. The summed E-state index contributed by atoms with van der Waals surface area (Å²) in [5.41, 5.74) is 4.69. The van der Waals surface area contributed by atoms with E-state index in [1.54, 1.807) is 23.5 Å². The quantitative estimate of drug-likeness (QED) is 0.128. The molecule has 2 aliphatic rings. The Bertz CT molecular complexity index is 1400. The molecule has 0 spiro atoms. The number of benzene rings is 2. The van der Waals surface area contributed by atoms with Crippen LogP contribution >= 0.6 is 11.3 Å². The van der Waals surface area contributed by atoms with Crippen molar-refractivity contribution in [2.75, 3.05) is 49.6 Å². The number of amides is 1. The van der Waals surface area contributed by atoms with E-state index in [9.17, 15) is 14.0 Å². The number of methoxy groups -OCH3 is 1. The van der Waals surface area contributed by atoms with Gasteiger partial charge in [-0.2, -0.15) is 0 Å². The fourth-order valence-corrected chi connectivity index (χ4v) is 7.67. The number of thiophene rings is 1. The second kappa shape index (κ2) is 15.8. The number of aryl methyl sites for hydroxylation is 1. The Balaban J connectivity index is 1.20. The van der Waals surface area contributed by atoms with Crippen LogP contribution in [0.1, 0.15) is 82.3 Å². The molecule has 1 aromatic heterocycles. The van der Waals surface area contributed by atoms with Crippen molar-refractivity contribution in [2.24, 2.45) is 0 Å². The third-order valence-corrected chi connectivity index (χ3v) is 10.2. The molecule has 1 fully saturated rings. The van der Waals surface area contributed by atoms with E-state index < -0.39 is 0 Å². The lowest BCUT2D eigenvalue weighted by atomic mass is 9.93. The highest BCUT2D eigenvalue weighted by Gasteiger charge is 2.30. The zero-order chi connectivity index (χ0) is 30.9. The molecule has 8 heteroatoms. The maximum absolute atomic E-state index is 14.3. The molecule has 6 nitrogen and oxygen atoms in total. The van der Waals surface area contributed by atoms with E-state index in [2.05, 4.69) is 45.9 Å². The Morgan fingerprint density at radius 1 is 0.955 bits per heavy atom. The molecule has 0 saturated carbocycles. The highest BCUT2D eigenvalue weighted by molar-refractivity contribution is 7.17. The molecule has 2 aromatic carbocycles. The number of fused-ring (bicyclic) bond motifs is 2. The molecular weight excluding hydrogens is 573 g/mol. The van der Waals surface area contributed by atoms with Crippen LogP contribution in [0.3, 0.4) is 0 Å². The predicted octanol–water partition coefficient (Wildman–Crippen LogP) is 7.76. The van der Waals surface area contributed by atoms with E-state index in [4.69, 9.17) is 4.74 Å². The Morgan fingerprint density at radius 3 is 2.52 bits per heavy atom.